The van der Waals surface area contributed by atoms with Crippen molar-refractivity contribution >= 4 is 16.9 Å². The van der Waals surface area contributed by atoms with Gasteiger partial charge >= 0.3 is 0 Å². The maximum Gasteiger partial charge on any atom is 0.234 e. The molecule has 4 nitrogen and oxygen atoms in total. The molecule has 2 aromatic rings. The first-order chi connectivity index (χ1) is 8.61. The normalized spacial score (nSPS) is 10.8. The Morgan fingerprint density at radius 1 is 1.44 bits per heavy atom. The fourth-order valence-electron chi connectivity index (χ4n) is 1.81. The van der Waals surface area contributed by atoms with E-state index in [1.54, 1.807) is 13.1 Å². The van der Waals surface area contributed by atoms with Crippen LogP contribution in [0.15, 0.2) is 22.6 Å². The third-order valence-corrected chi connectivity index (χ3v) is 2.78. The van der Waals surface area contributed by atoms with Crippen LogP contribution in [0.4, 0.5) is 4.39 Å². The van der Waals surface area contributed by atoms with E-state index < -0.39 is 0 Å². The lowest BCUT2D eigenvalue weighted by molar-refractivity contribution is -0.120. The molecule has 0 radical (unpaired) electrons. The number of aryl methyl sites for hydroxylation is 1. The molecule has 0 bridgehead atoms. The average molecular weight is 250 g/mol. The van der Waals surface area contributed by atoms with E-state index in [4.69, 9.17) is 4.42 Å². The first-order valence-corrected chi connectivity index (χ1v) is 5.70. The average Bonchev–Trinajstić information content (AvgIpc) is 2.64. The lowest BCUT2D eigenvalue weighted by atomic mass is 10.1. The molecule has 1 aromatic heterocycles. The maximum absolute atomic E-state index is 13.1. The van der Waals surface area contributed by atoms with E-state index in [0.717, 1.165) is 10.9 Å². The van der Waals surface area contributed by atoms with Crippen LogP contribution >= 0.6 is 0 Å². The van der Waals surface area contributed by atoms with Gasteiger partial charge in [0.1, 0.15) is 17.2 Å². The molecule has 0 saturated carbocycles. The molecule has 5 heteroatoms. The molecule has 0 saturated heterocycles. The zero-order chi connectivity index (χ0) is 13.1. The highest BCUT2D eigenvalue weighted by atomic mass is 19.1. The van der Waals surface area contributed by atoms with Gasteiger partial charge in [0.05, 0.1) is 13.1 Å². The third-order valence-electron chi connectivity index (χ3n) is 2.78. The number of carbonyl (C=O) groups excluding carboxylic acids is 1. The van der Waals surface area contributed by atoms with Gasteiger partial charge in [0.25, 0.3) is 0 Å². The summed E-state index contributed by atoms with van der Waals surface area (Å²) in [5.41, 5.74) is 1.49. The van der Waals surface area contributed by atoms with Gasteiger partial charge in [-0.1, -0.05) is 0 Å². The SMILES string of the molecule is CNCC(=O)NCc1oc2ccc(F)cc2c1C. The molecular weight excluding hydrogens is 235 g/mol. The Hall–Kier alpha value is -1.88. The summed E-state index contributed by atoms with van der Waals surface area (Å²) in [7, 11) is 1.70. The zero-order valence-corrected chi connectivity index (χ0v) is 10.3. The predicted molar refractivity (Wildman–Crippen MR) is 66.7 cm³/mol. The number of furan rings is 1. The van der Waals surface area contributed by atoms with Gasteiger partial charge in [-0.15, -0.1) is 0 Å². The van der Waals surface area contributed by atoms with Crippen molar-refractivity contribution in [2.24, 2.45) is 0 Å². The first-order valence-electron chi connectivity index (χ1n) is 5.70. The number of fused-ring (bicyclic) bond motifs is 1. The number of hydrogen-bond acceptors (Lipinski definition) is 3. The molecule has 1 heterocycles. The standard InChI is InChI=1S/C13H15FN2O2/c1-8-10-5-9(14)3-4-11(10)18-12(8)6-16-13(17)7-15-2/h3-5,15H,6-7H2,1-2H3,(H,16,17). The fourth-order valence-corrected chi connectivity index (χ4v) is 1.81. The number of likely N-dealkylation sites (N-methyl/N-ethyl adjacent to an activating group) is 1. The molecule has 0 unspecified atom stereocenters. The molecule has 0 aliphatic heterocycles. The second-order valence-electron chi connectivity index (χ2n) is 4.10. The molecule has 96 valence electrons. The van der Waals surface area contributed by atoms with Crippen LogP contribution < -0.4 is 10.6 Å². The molecule has 0 atom stereocenters. The third kappa shape index (κ3) is 2.51. The highest BCUT2D eigenvalue weighted by Gasteiger charge is 2.11. The molecule has 18 heavy (non-hydrogen) atoms. The lowest BCUT2D eigenvalue weighted by Gasteiger charge is -2.02. The van der Waals surface area contributed by atoms with Gasteiger partial charge in [-0.05, 0) is 32.2 Å². The van der Waals surface area contributed by atoms with Crippen LogP contribution in [0.3, 0.4) is 0 Å². The van der Waals surface area contributed by atoms with Crippen molar-refractivity contribution in [2.45, 2.75) is 13.5 Å². The molecule has 0 aliphatic rings. The number of rotatable bonds is 4. The van der Waals surface area contributed by atoms with Crippen molar-refractivity contribution in [1.82, 2.24) is 10.6 Å². The molecule has 0 aliphatic carbocycles. The summed E-state index contributed by atoms with van der Waals surface area (Å²) in [6.45, 7) is 2.42. The van der Waals surface area contributed by atoms with Crippen molar-refractivity contribution < 1.29 is 13.6 Å². The number of carbonyl (C=O) groups is 1. The number of halogens is 1. The molecule has 1 aromatic carbocycles. The Bertz CT molecular complexity index is 578. The predicted octanol–water partition coefficient (Wildman–Crippen LogP) is 1.72. The molecular formula is C13H15FN2O2. The smallest absolute Gasteiger partial charge is 0.234 e. The zero-order valence-electron chi connectivity index (χ0n) is 10.3. The van der Waals surface area contributed by atoms with Crippen molar-refractivity contribution in [2.75, 3.05) is 13.6 Å². The minimum Gasteiger partial charge on any atom is -0.459 e. The van der Waals surface area contributed by atoms with Gasteiger partial charge in [0.2, 0.25) is 5.91 Å². The summed E-state index contributed by atoms with van der Waals surface area (Å²) < 4.78 is 18.7. The van der Waals surface area contributed by atoms with Crippen molar-refractivity contribution in [3.05, 3.63) is 35.3 Å². The van der Waals surface area contributed by atoms with E-state index in [2.05, 4.69) is 10.6 Å². The molecule has 0 fully saturated rings. The Kier molecular flexibility index (Phi) is 3.62. The fraction of sp³-hybridized carbons (Fsp3) is 0.308. The van der Waals surface area contributed by atoms with Crippen molar-refractivity contribution in [1.29, 1.82) is 0 Å². The summed E-state index contributed by atoms with van der Waals surface area (Å²) in [5, 5.41) is 6.23. The van der Waals surface area contributed by atoms with E-state index in [1.165, 1.54) is 12.1 Å². The van der Waals surface area contributed by atoms with Crippen LogP contribution in [0.5, 0.6) is 0 Å². The van der Waals surface area contributed by atoms with Crippen LogP contribution in [0.2, 0.25) is 0 Å². The minimum absolute atomic E-state index is 0.108. The second-order valence-corrected chi connectivity index (χ2v) is 4.10. The Morgan fingerprint density at radius 2 is 2.22 bits per heavy atom. The molecule has 2 N–H and O–H groups in total. The Morgan fingerprint density at radius 3 is 2.94 bits per heavy atom. The minimum atomic E-state index is -0.294. The van der Waals surface area contributed by atoms with Gasteiger partial charge in [-0.25, -0.2) is 4.39 Å². The quantitative estimate of drug-likeness (QED) is 0.868. The van der Waals surface area contributed by atoms with Gasteiger partial charge in [-0.2, -0.15) is 0 Å². The summed E-state index contributed by atoms with van der Waals surface area (Å²) >= 11 is 0. The highest BCUT2D eigenvalue weighted by Crippen LogP contribution is 2.25. The largest absolute Gasteiger partial charge is 0.459 e. The second kappa shape index (κ2) is 5.18. The summed E-state index contributed by atoms with van der Waals surface area (Å²) in [6, 6.07) is 4.39. The topological polar surface area (TPSA) is 54.3 Å². The van der Waals surface area contributed by atoms with E-state index in [1.807, 2.05) is 6.92 Å². The monoisotopic (exact) mass is 250 g/mol. The van der Waals surface area contributed by atoms with Crippen LogP contribution in [-0.4, -0.2) is 19.5 Å². The van der Waals surface area contributed by atoms with E-state index in [9.17, 15) is 9.18 Å². The summed E-state index contributed by atoms with van der Waals surface area (Å²) in [4.78, 5) is 11.3. The van der Waals surface area contributed by atoms with E-state index >= 15 is 0 Å². The van der Waals surface area contributed by atoms with Crippen LogP contribution in [0.25, 0.3) is 11.0 Å². The van der Waals surface area contributed by atoms with Gasteiger partial charge in [0.15, 0.2) is 0 Å². The Labute approximate surface area is 104 Å². The van der Waals surface area contributed by atoms with Crippen molar-refractivity contribution in [3.63, 3.8) is 0 Å². The highest BCUT2D eigenvalue weighted by molar-refractivity contribution is 5.82. The van der Waals surface area contributed by atoms with Crippen LogP contribution in [0.1, 0.15) is 11.3 Å². The molecule has 1 amide bonds. The Balaban J connectivity index is 2.19. The van der Waals surface area contributed by atoms with Gasteiger partial charge in [-0.3, -0.25) is 4.79 Å². The number of benzene rings is 1. The lowest BCUT2D eigenvalue weighted by Crippen LogP contribution is -2.31. The van der Waals surface area contributed by atoms with E-state index in [0.29, 0.717) is 17.9 Å². The summed E-state index contributed by atoms with van der Waals surface area (Å²) in [5.74, 6) is 0.251. The number of hydrogen-bond donors (Lipinski definition) is 2. The first kappa shape index (κ1) is 12.6. The number of nitrogens with one attached hydrogen (secondary N) is 2. The maximum atomic E-state index is 13.1. The summed E-state index contributed by atoms with van der Waals surface area (Å²) in [6.07, 6.45) is 0. The van der Waals surface area contributed by atoms with Gasteiger partial charge in [0, 0.05) is 10.9 Å². The van der Waals surface area contributed by atoms with Crippen molar-refractivity contribution in [3.8, 4) is 0 Å². The molecule has 0 spiro atoms. The van der Waals surface area contributed by atoms with Gasteiger partial charge < -0.3 is 15.1 Å². The van der Waals surface area contributed by atoms with E-state index in [-0.39, 0.29) is 18.3 Å². The van der Waals surface area contributed by atoms with Crippen LogP contribution in [-0.2, 0) is 11.3 Å². The number of amides is 1. The molecule has 2 rings (SSSR count). The van der Waals surface area contributed by atoms with Crippen LogP contribution in [0, 0.1) is 12.7 Å².